The summed E-state index contributed by atoms with van der Waals surface area (Å²) >= 11 is 0. The molecule has 0 saturated heterocycles. The molecule has 0 aromatic carbocycles. The van der Waals surface area contributed by atoms with Gasteiger partial charge in [0.15, 0.2) is 6.10 Å². The van der Waals surface area contributed by atoms with Gasteiger partial charge in [0.2, 0.25) is 0 Å². The number of aliphatic carboxylic acids is 1. The van der Waals surface area contributed by atoms with E-state index in [1.165, 1.54) is 0 Å². The minimum atomic E-state index is -1.95. The van der Waals surface area contributed by atoms with Crippen LogP contribution < -0.4 is 11.2 Å². The molecule has 0 saturated carbocycles. The average molecular weight is 164 g/mol. The van der Waals surface area contributed by atoms with Crippen LogP contribution >= 0.6 is 0 Å². The summed E-state index contributed by atoms with van der Waals surface area (Å²) in [5, 5.41) is 24.8. The zero-order chi connectivity index (χ0) is 9.02. The van der Waals surface area contributed by atoms with Crippen molar-refractivity contribution in [2.75, 3.05) is 0 Å². The molecular formula is C4H8N2O5. The number of aliphatic hydroxyl groups is 1. The Kier molecular flexibility index (Phi) is 3.45. The van der Waals surface area contributed by atoms with E-state index in [4.69, 9.17) is 21.2 Å². The average Bonchev–Trinajstić information content (AvgIpc) is 2.00. The Morgan fingerprint density at radius 1 is 1.45 bits per heavy atom. The van der Waals surface area contributed by atoms with Gasteiger partial charge < -0.3 is 15.9 Å². The number of nitrogens with one attached hydrogen (secondary N) is 1. The quantitative estimate of drug-likeness (QED) is 0.227. The zero-order valence-corrected chi connectivity index (χ0v) is 5.39. The maximum Gasteiger partial charge on any atom is 0.323 e. The Labute approximate surface area is 61.4 Å². The van der Waals surface area contributed by atoms with Gasteiger partial charge in [0.1, 0.15) is 6.04 Å². The number of carboxylic acids is 1. The minimum Gasteiger partial charge on any atom is -0.480 e. The van der Waals surface area contributed by atoms with E-state index in [0.29, 0.717) is 0 Å². The van der Waals surface area contributed by atoms with Gasteiger partial charge in [-0.1, -0.05) is 0 Å². The molecule has 7 nitrogen and oxygen atoms in total. The first-order chi connectivity index (χ1) is 5.00. The van der Waals surface area contributed by atoms with E-state index in [1.54, 1.807) is 0 Å². The number of amides is 1. The van der Waals surface area contributed by atoms with Crippen LogP contribution in [0.5, 0.6) is 0 Å². The Morgan fingerprint density at radius 2 is 1.91 bits per heavy atom. The summed E-state index contributed by atoms with van der Waals surface area (Å²) in [6, 6.07) is -1.73. The number of carboxylic acid groups (broad SMARTS) is 1. The molecule has 0 rings (SSSR count). The van der Waals surface area contributed by atoms with Crippen molar-refractivity contribution in [3.05, 3.63) is 0 Å². The molecule has 0 aliphatic carbocycles. The minimum absolute atomic E-state index is 1.07. The van der Waals surface area contributed by atoms with Crippen molar-refractivity contribution in [2.24, 2.45) is 5.73 Å². The van der Waals surface area contributed by atoms with Crippen LogP contribution in [0.25, 0.3) is 0 Å². The molecule has 6 N–H and O–H groups in total. The van der Waals surface area contributed by atoms with Crippen molar-refractivity contribution in [1.29, 1.82) is 0 Å². The summed E-state index contributed by atoms with van der Waals surface area (Å²) in [4.78, 5) is 20.3. The summed E-state index contributed by atoms with van der Waals surface area (Å²) in [5.74, 6) is -2.78. The lowest BCUT2D eigenvalue weighted by Crippen LogP contribution is -2.49. The third-order valence-electron chi connectivity index (χ3n) is 1.00. The number of rotatable bonds is 3. The monoisotopic (exact) mass is 164 g/mol. The number of carbonyl (C=O) groups excluding carboxylic acids is 1. The topological polar surface area (TPSA) is 133 Å². The van der Waals surface area contributed by atoms with Crippen molar-refractivity contribution < 1.29 is 25.0 Å². The summed E-state index contributed by atoms with van der Waals surface area (Å²) < 4.78 is 0. The van der Waals surface area contributed by atoms with E-state index in [2.05, 4.69) is 0 Å². The molecule has 0 aliphatic heterocycles. The highest BCUT2D eigenvalue weighted by molar-refractivity contribution is 5.87. The Bertz CT molecular complexity index is 170. The van der Waals surface area contributed by atoms with Crippen LogP contribution in [-0.4, -0.2) is 39.4 Å². The molecule has 0 aromatic rings. The van der Waals surface area contributed by atoms with Crippen LogP contribution in [0.3, 0.4) is 0 Å². The summed E-state index contributed by atoms with van der Waals surface area (Å²) in [5.41, 5.74) is 5.88. The van der Waals surface area contributed by atoms with Crippen LogP contribution in [0.1, 0.15) is 0 Å². The maximum atomic E-state index is 10.3. The van der Waals surface area contributed by atoms with Crippen LogP contribution in [-0.2, 0) is 9.59 Å². The van der Waals surface area contributed by atoms with Gasteiger partial charge in [0.25, 0.3) is 5.91 Å². The lowest BCUT2D eigenvalue weighted by Gasteiger charge is -2.11. The van der Waals surface area contributed by atoms with Gasteiger partial charge in [0.05, 0.1) is 0 Å². The van der Waals surface area contributed by atoms with E-state index < -0.39 is 24.0 Å². The first kappa shape index (κ1) is 9.82. The molecule has 1 amide bonds. The predicted octanol–water partition coefficient (Wildman–Crippen LogP) is -2.74. The molecular weight excluding hydrogens is 156 g/mol. The second-order valence-electron chi connectivity index (χ2n) is 1.78. The highest BCUT2D eigenvalue weighted by Crippen LogP contribution is 1.89. The number of carbonyl (C=O) groups is 2. The molecule has 11 heavy (non-hydrogen) atoms. The van der Waals surface area contributed by atoms with Gasteiger partial charge in [-0.2, -0.15) is 0 Å². The van der Waals surface area contributed by atoms with Gasteiger partial charge in [-0.3, -0.25) is 14.8 Å². The smallest absolute Gasteiger partial charge is 0.323 e. The fourth-order valence-corrected chi connectivity index (χ4v) is 0.364. The van der Waals surface area contributed by atoms with Crippen molar-refractivity contribution in [2.45, 2.75) is 12.1 Å². The van der Waals surface area contributed by atoms with Gasteiger partial charge >= 0.3 is 5.97 Å². The van der Waals surface area contributed by atoms with E-state index in [-0.39, 0.29) is 0 Å². The molecule has 0 fully saturated rings. The first-order valence-electron chi connectivity index (χ1n) is 2.61. The van der Waals surface area contributed by atoms with E-state index in [1.807, 2.05) is 0 Å². The van der Waals surface area contributed by atoms with Gasteiger partial charge in [-0.15, -0.1) is 0 Å². The Balaban J connectivity index is 4.12. The zero-order valence-electron chi connectivity index (χ0n) is 5.39. The van der Waals surface area contributed by atoms with Gasteiger partial charge in [-0.05, 0) is 0 Å². The largest absolute Gasteiger partial charge is 0.480 e. The van der Waals surface area contributed by atoms with Gasteiger partial charge in [0, 0.05) is 0 Å². The fraction of sp³-hybridized carbons (Fsp3) is 0.500. The van der Waals surface area contributed by atoms with Crippen LogP contribution in [0.4, 0.5) is 0 Å². The molecule has 2 atom stereocenters. The van der Waals surface area contributed by atoms with Crippen molar-refractivity contribution in [1.82, 2.24) is 5.48 Å². The lowest BCUT2D eigenvalue weighted by atomic mass is 10.2. The predicted molar refractivity (Wildman–Crippen MR) is 31.5 cm³/mol. The summed E-state index contributed by atoms with van der Waals surface area (Å²) in [7, 11) is 0. The number of hydrogen-bond acceptors (Lipinski definition) is 5. The van der Waals surface area contributed by atoms with Crippen LogP contribution in [0.15, 0.2) is 0 Å². The second kappa shape index (κ2) is 3.86. The molecule has 0 radical (unpaired) electrons. The standard InChI is InChI=1S/C4H8N2O5/c5-1(4(9)10)2(7)3(8)6-11/h1-2,7,11H,5H2,(H,6,8)(H,9,10)/t1-,2-/m0/s1. The van der Waals surface area contributed by atoms with Crippen molar-refractivity contribution >= 4 is 11.9 Å². The second-order valence-corrected chi connectivity index (χ2v) is 1.78. The summed E-state index contributed by atoms with van der Waals surface area (Å²) in [6.45, 7) is 0. The highest BCUT2D eigenvalue weighted by Gasteiger charge is 2.27. The molecule has 0 bridgehead atoms. The van der Waals surface area contributed by atoms with E-state index in [0.717, 1.165) is 5.48 Å². The molecule has 0 unspecified atom stereocenters. The van der Waals surface area contributed by atoms with Gasteiger partial charge in [-0.25, -0.2) is 5.48 Å². The highest BCUT2D eigenvalue weighted by atomic mass is 16.5. The van der Waals surface area contributed by atoms with E-state index >= 15 is 0 Å². The molecule has 0 aromatic heterocycles. The van der Waals surface area contributed by atoms with Crippen molar-refractivity contribution in [3.8, 4) is 0 Å². The normalized spacial score (nSPS) is 15.2. The molecule has 64 valence electrons. The molecule has 0 aliphatic rings. The molecule has 0 heterocycles. The maximum absolute atomic E-state index is 10.3. The number of hydrogen-bond donors (Lipinski definition) is 5. The van der Waals surface area contributed by atoms with Crippen LogP contribution in [0.2, 0.25) is 0 Å². The van der Waals surface area contributed by atoms with Crippen molar-refractivity contribution in [3.63, 3.8) is 0 Å². The first-order valence-corrected chi connectivity index (χ1v) is 2.61. The van der Waals surface area contributed by atoms with E-state index in [9.17, 15) is 9.59 Å². The fourth-order valence-electron chi connectivity index (χ4n) is 0.364. The number of hydroxylamine groups is 1. The molecule has 7 heteroatoms. The lowest BCUT2D eigenvalue weighted by molar-refractivity contribution is -0.149. The number of nitrogens with two attached hydrogens (primary N) is 1. The third-order valence-corrected chi connectivity index (χ3v) is 1.00. The molecule has 0 spiro atoms. The summed E-state index contributed by atoms with van der Waals surface area (Å²) in [6.07, 6.45) is -1.95. The Morgan fingerprint density at radius 3 is 2.18 bits per heavy atom. The van der Waals surface area contributed by atoms with Crippen LogP contribution in [0, 0.1) is 0 Å². The third kappa shape index (κ3) is 2.50. The number of aliphatic hydroxyl groups excluding tert-OH is 1. The Hall–Kier alpha value is -1.18. The SMILES string of the molecule is N[C@H](C(=O)O)[C@H](O)C(=O)NO.